The number of nitrogens with one attached hydrogen (secondary N) is 4. The average molecular weight is 335 g/mol. The van der Waals surface area contributed by atoms with Gasteiger partial charge in [0.05, 0.1) is 12.7 Å². The zero-order valence-electron chi connectivity index (χ0n) is 12.6. The summed E-state index contributed by atoms with van der Waals surface area (Å²) in [7, 11) is 0. The second-order valence-corrected chi connectivity index (χ2v) is 4.66. The van der Waals surface area contributed by atoms with Crippen molar-refractivity contribution in [2.45, 2.75) is 38.1 Å². The first-order valence-corrected chi connectivity index (χ1v) is 6.54. The van der Waals surface area contributed by atoms with Gasteiger partial charge in [0.2, 0.25) is 0 Å². The maximum Gasteiger partial charge on any atom is 0.328 e. The smallest absolute Gasteiger partial charge is 0.328 e. The van der Waals surface area contributed by atoms with Gasteiger partial charge in [0.1, 0.15) is 12.1 Å². The molecule has 23 heavy (non-hydrogen) atoms. The SMILES string of the molecule is CC(NC(=O)NC(C(=O)O)C(C)O)C(=O)NNC(=O)C(N)CO. The normalized spacial score (nSPS) is 15.5. The van der Waals surface area contributed by atoms with E-state index in [-0.39, 0.29) is 0 Å². The third-order valence-electron chi connectivity index (χ3n) is 2.62. The van der Waals surface area contributed by atoms with Crippen molar-refractivity contribution < 1.29 is 34.5 Å². The van der Waals surface area contributed by atoms with E-state index >= 15 is 0 Å². The summed E-state index contributed by atoms with van der Waals surface area (Å²) in [5.41, 5.74) is 9.10. The number of hydrazine groups is 1. The number of aliphatic hydroxyl groups excluding tert-OH is 2. The zero-order chi connectivity index (χ0) is 18.2. The summed E-state index contributed by atoms with van der Waals surface area (Å²) < 4.78 is 0. The zero-order valence-corrected chi connectivity index (χ0v) is 12.6. The number of aliphatic hydroxyl groups is 2. The van der Waals surface area contributed by atoms with E-state index in [4.69, 9.17) is 15.9 Å². The highest BCUT2D eigenvalue weighted by Crippen LogP contribution is 1.93. The van der Waals surface area contributed by atoms with Gasteiger partial charge in [0, 0.05) is 0 Å². The first kappa shape index (κ1) is 20.6. The molecule has 0 saturated heterocycles. The number of carbonyl (C=O) groups excluding carboxylic acids is 3. The van der Waals surface area contributed by atoms with Gasteiger partial charge in [-0.1, -0.05) is 0 Å². The number of hydrogen-bond acceptors (Lipinski definition) is 7. The lowest BCUT2D eigenvalue weighted by Crippen LogP contribution is -2.58. The molecule has 0 radical (unpaired) electrons. The summed E-state index contributed by atoms with van der Waals surface area (Å²) in [5.74, 6) is -3.10. The standard InChI is InChI=1S/C11H21N5O7/c1-4(8(19)15-16-9(20)6(12)3-17)13-11(23)14-7(5(2)18)10(21)22/h4-7,17-18H,3,12H2,1-2H3,(H,15,19)(H,16,20)(H,21,22)(H2,13,14,23). The Kier molecular flexibility index (Phi) is 8.54. The van der Waals surface area contributed by atoms with E-state index in [2.05, 4.69) is 5.32 Å². The number of rotatable bonds is 7. The Labute approximate surface area is 131 Å². The van der Waals surface area contributed by atoms with Crippen LogP contribution in [0.2, 0.25) is 0 Å². The molecule has 9 N–H and O–H groups in total. The van der Waals surface area contributed by atoms with Crippen molar-refractivity contribution in [2.24, 2.45) is 5.73 Å². The second kappa shape index (κ2) is 9.55. The molecule has 0 aromatic carbocycles. The highest BCUT2D eigenvalue weighted by Gasteiger charge is 2.26. The Balaban J connectivity index is 4.38. The summed E-state index contributed by atoms with van der Waals surface area (Å²) in [6, 6.07) is -4.90. The van der Waals surface area contributed by atoms with E-state index in [0.717, 1.165) is 0 Å². The third-order valence-corrected chi connectivity index (χ3v) is 2.62. The van der Waals surface area contributed by atoms with E-state index in [0.29, 0.717) is 0 Å². The minimum Gasteiger partial charge on any atom is -0.480 e. The van der Waals surface area contributed by atoms with E-state index in [1.165, 1.54) is 13.8 Å². The molecule has 132 valence electrons. The highest BCUT2D eigenvalue weighted by molar-refractivity contribution is 5.90. The predicted molar refractivity (Wildman–Crippen MR) is 75.6 cm³/mol. The number of amides is 4. The quantitative estimate of drug-likeness (QED) is 0.215. The average Bonchev–Trinajstić information content (AvgIpc) is 2.48. The van der Waals surface area contributed by atoms with Gasteiger partial charge in [-0.25, -0.2) is 9.59 Å². The van der Waals surface area contributed by atoms with Crippen molar-refractivity contribution in [1.82, 2.24) is 21.5 Å². The predicted octanol–water partition coefficient (Wildman–Crippen LogP) is -4.02. The number of carboxylic acids is 1. The van der Waals surface area contributed by atoms with E-state index in [1.807, 2.05) is 16.2 Å². The molecule has 0 aliphatic carbocycles. The number of nitrogens with two attached hydrogens (primary N) is 1. The monoisotopic (exact) mass is 335 g/mol. The van der Waals surface area contributed by atoms with Crippen molar-refractivity contribution in [3.8, 4) is 0 Å². The number of hydrogen-bond donors (Lipinski definition) is 8. The molecule has 0 spiro atoms. The van der Waals surface area contributed by atoms with Crippen LogP contribution in [-0.4, -0.2) is 70.0 Å². The molecule has 0 bridgehead atoms. The lowest BCUT2D eigenvalue weighted by Gasteiger charge is -2.20. The molecular formula is C11H21N5O7. The second-order valence-electron chi connectivity index (χ2n) is 4.66. The van der Waals surface area contributed by atoms with Gasteiger partial charge in [0.25, 0.3) is 11.8 Å². The number of carbonyl (C=O) groups is 4. The van der Waals surface area contributed by atoms with Crippen LogP contribution < -0.4 is 27.2 Å². The Morgan fingerprint density at radius 3 is 2.00 bits per heavy atom. The van der Waals surface area contributed by atoms with Gasteiger partial charge in [-0.05, 0) is 13.8 Å². The highest BCUT2D eigenvalue weighted by atomic mass is 16.4. The lowest BCUT2D eigenvalue weighted by atomic mass is 10.2. The van der Waals surface area contributed by atoms with Crippen molar-refractivity contribution >= 4 is 23.8 Å². The van der Waals surface area contributed by atoms with Crippen LogP contribution in [0.15, 0.2) is 0 Å². The third kappa shape index (κ3) is 7.39. The molecule has 0 saturated carbocycles. The Bertz CT molecular complexity index is 456. The van der Waals surface area contributed by atoms with Crippen LogP contribution in [0.3, 0.4) is 0 Å². The molecule has 4 amide bonds. The number of carboxylic acid groups (broad SMARTS) is 1. The van der Waals surface area contributed by atoms with Crippen LogP contribution in [0.5, 0.6) is 0 Å². The van der Waals surface area contributed by atoms with Crippen LogP contribution in [0.1, 0.15) is 13.8 Å². The van der Waals surface area contributed by atoms with Crippen LogP contribution in [0, 0.1) is 0 Å². The molecule has 12 heteroatoms. The van der Waals surface area contributed by atoms with Crippen LogP contribution >= 0.6 is 0 Å². The molecule has 0 aliphatic heterocycles. The van der Waals surface area contributed by atoms with E-state index in [9.17, 15) is 24.3 Å². The fourth-order valence-corrected chi connectivity index (χ4v) is 1.24. The van der Waals surface area contributed by atoms with Crippen molar-refractivity contribution in [3.05, 3.63) is 0 Å². The van der Waals surface area contributed by atoms with Crippen molar-refractivity contribution in [2.75, 3.05) is 6.61 Å². The molecule has 0 heterocycles. The first-order valence-electron chi connectivity index (χ1n) is 6.54. The first-order chi connectivity index (χ1) is 10.6. The van der Waals surface area contributed by atoms with Crippen LogP contribution in [-0.2, 0) is 14.4 Å². The van der Waals surface area contributed by atoms with Gasteiger partial charge in [0.15, 0.2) is 6.04 Å². The summed E-state index contributed by atoms with van der Waals surface area (Å²) in [5, 5.41) is 30.7. The van der Waals surface area contributed by atoms with E-state index in [1.54, 1.807) is 0 Å². The van der Waals surface area contributed by atoms with Crippen molar-refractivity contribution in [3.63, 3.8) is 0 Å². The molecule has 0 fully saturated rings. The number of aliphatic carboxylic acids is 1. The van der Waals surface area contributed by atoms with Gasteiger partial charge < -0.3 is 31.7 Å². The van der Waals surface area contributed by atoms with E-state index < -0.39 is 54.7 Å². The molecule has 0 aromatic rings. The van der Waals surface area contributed by atoms with Crippen LogP contribution in [0.25, 0.3) is 0 Å². The molecule has 0 rings (SSSR count). The summed E-state index contributed by atoms with van der Waals surface area (Å²) in [4.78, 5) is 45.2. The van der Waals surface area contributed by atoms with Gasteiger partial charge >= 0.3 is 12.0 Å². The summed E-state index contributed by atoms with van der Waals surface area (Å²) >= 11 is 0. The number of urea groups is 1. The minimum atomic E-state index is -1.55. The Hall–Kier alpha value is -2.44. The largest absolute Gasteiger partial charge is 0.480 e. The van der Waals surface area contributed by atoms with Crippen LogP contribution in [0.4, 0.5) is 4.79 Å². The van der Waals surface area contributed by atoms with Gasteiger partial charge in [-0.15, -0.1) is 0 Å². The molecule has 0 aromatic heterocycles. The Morgan fingerprint density at radius 1 is 1.04 bits per heavy atom. The molecule has 12 nitrogen and oxygen atoms in total. The summed E-state index contributed by atoms with van der Waals surface area (Å²) in [6.45, 7) is 1.83. The van der Waals surface area contributed by atoms with Gasteiger partial charge in [-0.2, -0.15) is 0 Å². The molecule has 4 atom stereocenters. The fourth-order valence-electron chi connectivity index (χ4n) is 1.24. The van der Waals surface area contributed by atoms with Crippen molar-refractivity contribution in [1.29, 1.82) is 0 Å². The maximum atomic E-state index is 11.6. The van der Waals surface area contributed by atoms with Gasteiger partial charge in [-0.3, -0.25) is 20.4 Å². The molecule has 4 unspecified atom stereocenters. The molecular weight excluding hydrogens is 314 g/mol. The fraction of sp³-hybridized carbons (Fsp3) is 0.636. The lowest BCUT2D eigenvalue weighted by molar-refractivity contribution is -0.141. The molecule has 0 aliphatic rings. The maximum absolute atomic E-state index is 11.6. The Morgan fingerprint density at radius 2 is 1.57 bits per heavy atom. The topological polar surface area (TPSA) is 203 Å². The minimum absolute atomic E-state index is 0.617. The summed E-state index contributed by atoms with van der Waals surface area (Å²) in [6.07, 6.45) is -1.35.